The molecular weight excluding hydrogens is 252 g/mol. The van der Waals surface area contributed by atoms with E-state index < -0.39 is 0 Å². The van der Waals surface area contributed by atoms with Crippen LogP contribution in [0.5, 0.6) is 0 Å². The molecule has 4 heteroatoms. The molecule has 4 nitrogen and oxygen atoms in total. The third-order valence-corrected chi connectivity index (χ3v) is 3.36. The first-order valence-corrected chi connectivity index (χ1v) is 6.68. The van der Waals surface area contributed by atoms with Crippen molar-refractivity contribution in [2.24, 2.45) is 16.1 Å². The van der Waals surface area contributed by atoms with Crippen LogP contribution in [0.15, 0.2) is 52.4 Å². The van der Waals surface area contributed by atoms with Gasteiger partial charge in [0.2, 0.25) is 0 Å². The molecule has 0 aromatic carbocycles. The van der Waals surface area contributed by atoms with Crippen LogP contribution in [-0.2, 0) is 4.79 Å². The molecule has 0 fully saturated rings. The molecule has 0 aromatic heterocycles. The van der Waals surface area contributed by atoms with Gasteiger partial charge in [0, 0.05) is 24.8 Å². The van der Waals surface area contributed by atoms with Gasteiger partial charge in [-0.15, -0.1) is 0 Å². The predicted molar refractivity (Wildman–Crippen MR) is 80.5 cm³/mol. The fourth-order valence-electron chi connectivity index (χ4n) is 2.32. The Labute approximate surface area is 119 Å². The lowest BCUT2D eigenvalue weighted by atomic mass is 9.77. The van der Waals surface area contributed by atoms with Crippen molar-refractivity contribution >= 4 is 12.0 Å². The first kappa shape index (κ1) is 14.3. The molecular formula is C16H20N2O2. The summed E-state index contributed by atoms with van der Waals surface area (Å²) in [6.07, 6.45) is 11.5. The number of carbonyl (C=O) groups excluding carboxylic acids is 1. The lowest BCUT2D eigenvalue weighted by molar-refractivity contribution is -0.117. The van der Waals surface area contributed by atoms with E-state index in [1.165, 1.54) is 6.21 Å². The molecule has 0 spiro atoms. The molecule has 0 aliphatic heterocycles. The van der Waals surface area contributed by atoms with Crippen LogP contribution in [0.1, 0.15) is 26.7 Å². The van der Waals surface area contributed by atoms with Gasteiger partial charge in [-0.05, 0) is 17.6 Å². The minimum absolute atomic E-state index is 0.0540. The van der Waals surface area contributed by atoms with Crippen molar-refractivity contribution in [2.75, 3.05) is 0 Å². The normalized spacial score (nSPS) is 26.0. The number of aliphatic hydroxyl groups excluding tert-OH is 1. The van der Waals surface area contributed by atoms with E-state index >= 15 is 0 Å². The summed E-state index contributed by atoms with van der Waals surface area (Å²) in [6, 6.07) is -0.171. The number of nitrogens with zero attached hydrogens (tertiary/aromatic N) is 1. The van der Waals surface area contributed by atoms with Crippen molar-refractivity contribution in [1.82, 2.24) is 0 Å². The van der Waals surface area contributed by atoms with Crippen molar-refractivity contribution in [3.8, 4) is 0 Å². The van der Waals surface area contributed by atoms with Crippen LogP contribution < -0.4 is 5.73 Å². The van der Waals surface area contributed by atoms with Crippen molar-refractivity contribution in [3.63, 3.8) is 0 Å². The number of rotatable bonds is 2. The molecule has 2 aliphatic rings. The van der Waals surface area contributed by atoms with E-state index in [0.29, 0.717) is 24.1 Å². The van der Waals surface area contributed by atoms with Crippen LogP contribution in [0, 0.1) is 5.41 Å². The van der Waals surface area contributed by atoms with E-state index in [2.05, 4.69) is 4.99 Å². The fourth-order valence-corrected chi connectivity index (χ4v) is 2.32. The van der Waals surface area contributed by atoms with E-state index in [0.717, 1.165) is 0 Å². The van der Waals surface area contributed by atoms with Crippen LogP contribution in [-0.4, -0.2) is 23.1 Å². The topological polar surface area (TPSA) is 75.7 Å². The molecule has 0 radical (unpaired) electrons. The molecule has 0 amide bonds. The molecule has 1 atom stereocenters. The van der Waals surface area contributed by atoms with Gasteiger partial charge in [0.1, 0.15) is 5.76 Å². The highest BCUT2D eigenvalue weighted by molar-refractivity contribution is 6.14. The number of hydrogen-bond acceptors (Lipinski definition) is 4. The van der Waals surface area contributed by atoms with Crippen LogP contribution in [0.25, 0.3) is 0 Å². The lowest BCUT2D eigenvalue weighted by Gasteiger charge is -2.28. The molecule has 0 heterocycles. The SMILES string of the molecule is CC1(C)CC(=O)C(C=NC2C=CC=C(N)C=C2)=C(O)C1. The van der Waals surface area contributed by atoms with Crippen molar-refractivity contribution in [2.45, 2.75) is 32.7 Å². The molecule has 0 saturated heterocycles. The first-order valence-electron chi connectivity index (χ1n) is 6.68. The lowest BCUT2D eigenvalue weighted by Crippen LogP contribution is -2.26. The molecule has 2 rings (SSSR count). The van der Waals surface area contributed by atoms with Crippen molar-refractivity contribution in [1.29, 1.82) is 0 Å². The highest BCUT2D eigenvalue weighted by atomic mass is 16.3. The molecule has 0 bridgehead atoms. The molecule has 106 valence electrons. The average molecular weight is 272 g/mol. The van der Waals surface area contributed by atoms with Gasteiger partial charge < -0.3 is 10.8 Å². The molecule has 1 unspecified atom stereocenters. The second-order valence-corrected chi connectivity index (χ2v) is 5.98. The number of aliphatic imine (C=N–C) groups is 1. The molecule has 0 saturated carbocycles. The minimum atomic E-state index is -0.182. The smallest absolute Gasteiger partial charge is 0.168 e. The maximum absolute atomic E-state index is 12.0. The van der Waals surface area contributed by atoms with E-state index in [9.17, 15) is 9.90 Å². The van der Waals surface area contributed by atoms with Gasteiger partial charge in [-0.25, -0.2) is 0 Å². The van der Waals surface area contributed by atoms with Crippen LogP contribution >= 0.6 is 0 Å². The highest BCUT2D eigenvalue weighted by Gasteiger charge is 2.32. The molecule has 3 N–H and O–H groups in total. The maximum atomic E-state index is 12.0. The number of carbonyl (C=O) groups is 1. The summed E-state index contributed by atoms with van der Waals surface area (Å²) >= 11 is 0. The Balaban J connectivity index is 2.16. The highest BCUT2D eigenvalue weighted by Crippen LogP contribution is 2.35. The third kappa shape index (κ3) is 3.47. The summed E-state index contributed by atoms with van der Waals surface area (Å²) < 4.78 is 0. The Bertz CT molecular complexity index is 563. The van der Waals surface area contributed by atoms with Crippen LogP contribution in [0.3, 0.4) is 0 Å². The summed E-state index contributed by atoms with van der Waals surface area (Å²) in [5.41, 5.74) is 6.49. The summed E-state index contributed by atoms with van der Waals surface area (Å²) in [6.45, 7) is 3.94. The van der Waals surface area contributed by atoms with Gasteiger partial charge in [-0.1, -0.05) is 32.1 Å². The zero-order valence-corrected chi connectivity index (χ0v) is 11.8. The van der Waals surface area contributed by atoms with Gasteiger partial charge in [-0.3, -0.25) is 9.79 Å². The zero-order valence-electron chi connectivity index (χ0n) is 11.8. The molecule has 20 heavy (non-hydrogen) atoms. The summed E-state index contributed by atoms with van der Waals surface area (Å²) in [5, 5.41) is 10.0. The summed E-state index contributed by atoms with van der Waals surface area (Å²) in [4.78, 5) is 16.4. The zero-order chi connectivity index (χ0) is 14.8. The Kier molecular flexibility index (Phi) is 3.93. The predicted octanol–water partition coefficient (Wildman–Crippen LogP) is 2.60. The number of aliphatic hydroxyl groups is 1. The van der Waals surface area contributed by atoms with Gasteiger partial charge in [0.25, 0.3) is 0 Å². The number of hydrogen-bond donors (Lipinski definition) is 2. The maximum Gasteiger partial charge on any atom is 0.168 e. The van der Waals surface area contributed by atoms with E-state index in [1.54, 1.807) is 12.2 Å². The first-order chi connectivity index (χ1) is 9.37. The summed E-state index contributed by atoms with van der Waals surface area (Å²) in [7, 11) is 0. The quantitative estimate of drug-likeness (QED) is 0.759. The van der Waals surface area contributed by atoms with Gasteiger partial charge >= 0.3 is 0 Å². The van der Waals surface area contributed by atoms with E-state index in [1.807, 2.05) is 32.1 Å². The second-order valence-electron chi connectivity index (χ2n) is 5.98. The summed E-state index contributed by atoms with van der Waals surface area (Å²) in [5.74, 6) is 0.0796. The number of ketones is 1. The van der Waals surface area contributed by atoms with Crippen molar-refractivity contribution in [3.05, 3.63) is 47.4 Å². The Morgan fingerprint density at radius 3 is 2.85 bits per heavy atom. The van der Waals surface area contributed by atoms with E-state index in [4.69, 9.17) is 5.73 Å². The number of Topliss-reactive ketones (excluding diaryl/α,β-unsaturated/α-hetero) is 1. The van der Waals surface area contributed by atoms with Gasteiger partial charge in [-0.2, -0.15) is 0 Å². The minimum Gasteiger partial charge on any atom is -0.511 e. The van der Waals surface area contributed by atoms with Gasteiger partial charge in [0.05, 0.1) is 11.6 Å². The average Bonchev–Trinajstić information content (AvgIpc) is 2.51. The van der Waals surface area contributed by atoms with Gasteiger partial charge in [0.15, 0.2) is 5.78 Å². The Morgan fingerprint density at radius 2 is 2.15 bits per heavy atom. The number of nitrogens with two attached hydrogens (primary N) is 1. The Morgan fingerprint density at radius 1 is 1.40 bits per heavy atom. The fraction of sp³-hybridized carbons (Fsp3) is 0.375. The standard InChI is InChI=1S/C16H20N2O2/c1-16(2)8-14(19)13(15(20)9-16)10-18-12-5-3-4-11(17)6-7-12/h3-7,10,12,19H,8-9,17H2,1-2H3. The van der Waals surface area contributed by atoms with E-state index in [-0.39, 0.29) is 23.0 Å². The number of allylic oxidation sites excluding steroid dienone is 5. The largest absolute Gasteiger partial charge is 0.511 e. The van der Waals surface area contributed by atoms with Crippen LogP contribution in [0.2, 0.25) is 0 Å². The third-order valence-electron chi connectivity index (χ3n) is 3.36. The molecule has 0 aromatic rings. The second kappa shape index (κ2) is 5.49. The molecule has 2 aliphatic carbocycles. The Hall–Kier alpha value is -2.10. The monoisotopic (exact) mass is 272 g/mol. The van der Waals surface area contributed by atoms with Crippen LogP contribution in [0.4, 0.5) is 0 Å². The van der Waals surface area contributed by atoms with Crippen molar-refractivity contribution < 1.29 is 9.90 Å².